The third kappa shape index (κ3) is 2.26. The summed E-state index contributed by atoms with van der Waals surface area (Å²) in [4.78, 5) is 31.7. The molecule has 8 nitrogen and oxygen atoms in total. The van der Waals surface area contributed by atoms with Crippen LogP contribution in [0.2, 0.25) is 0 Å². The van der Waals surface area contributed by atoms with Gasteiger partial charge in [-0.3, -0.25) is 14.5 Å². The van der Waals surface area contributed by atoms with E-state index in [4.69, 9.17) is 0 Å². The van der Waals surface area contributed by atoms with Gasteiger partial charge in [0, 0.05) is 30.3 Å². The molecule has 1 amide bonds. The van der Waals surface area contributed by atoms with Gasteiger partial charge in [-0.2, -0.15) is 0 Å². The van der Waals surface area contributed by atoms with Gasteiger partial charge in [-0.05, 0) is 56.7 Å². The van der Waals surface area contributed by atoms with Gasteiger partial charge in [-0.1, -0.05) is 19.9 Å². The van der Waals surface area contributed by atoms with Gasteiger partial charge >= 0.3 is 0 Å². The van der Waals surface area contributed by atoms with Crippen LogP contribution >= 0.6 is 0 Å². The van der Waals surface area contributed by atoms with Crippen LogP contribution < -0.4 is 10.1 Å². The molecule has 5 atom stereocenters. The highest BCUT2D eigenvalue weighted by molar-refractivity contribution is 6.19. The van der Waals surface area contributed by atoms with Crippen LogP contribution in [0.4, 0.5) is 5.69 Å². The quantitative estimate of drug-likeness (QED) is 0.557. The zero-order valence-electron chi connectivity index (χ0n) is 19.8. The molecule has 33 heavy (non-hydrogen) atoms. The predicted octanol–water partition coefficient (Wildman–Crippen LogP) is 1.77. The van der Waals surface area contributed by atoms with Gasteiger partial charge in [0.15, 0.2) is 5.78 Å². The first kappa shape index (κ1) is 21.5. The molecule has 0 aromatic heterocycles. The Kier molecular flexibility index (Phi) is 4.02. The van der Waals surface area contributed by atoms with Crippen LogP contribution in [-0.4, -0.2) is 57.1 Å². The summed E-state index contributed by atoms with van der Waals surface area (Å²) in [6.07, 6.45) is 3.30. The first-order valence-corrected chi connectivity index (χ1v) is 12.1. The molecule has 1 aromatic rings. The Labute approximate surface area is 193 Å². The summed E-state index contributed by atoms with van der Waals surface area (Å²) < 4.78 is 0. The van der Waals surface area contributed by atoms with Crippen molar-refractivity contribution in [3.63, 3.8) is 0 Å². The summed E-state index contributed by atoms with van der Waals surface area (Å²) in [6.45, 7) is 9.29. The van der Waals surface area contributed by atoms with Gasteiger partial charge in [0.2, 0.25) is 5.91 Å². The van der Waals surface area contributed by atoms with Crippen molar-refractivity contribution in [3.8, 4) is 5.75 Å². The van der Waals surface area contributed by atoms with Gasteiger partial charge in [-0.15, -0.1) is 0 Å². The van der Waals surface area contributed by atoms with Crippen molar-refractivity contribution in [3.05, 3.63) is 28.5 Å². The number of benzene rings is 1. The van der Waals surface area contributed by atoms with Crippen molar-refractivity contribution in [2.24, 2.45) is 11.3 Å². The number of phenolic OH excluding ortho intramolecular Hbond substituents is 1. The second-order valence-corrected chi connectivity index (χ2v) is 12.2. The van der Waals surface area contributed by atoms with E-state index in [-0.39, 0.29) is 41.8 Å². The van der Waals surface area contributed by atoms with Crippen molar-refractivity contribution >= 4 is 17.4 Å². The van der Waals surface area contributed by atoms with Gasteiger partial charge in [0.1, 0.15) is 11.3 Å². The molecule has 178 valence electrons. The zero-order chi connectivity index (χ0) is 23.7. The van der Waals surface area contributed by atoms with Crippen molar-refractivity contribution in [1.29, 1.82) is 0 Å². The molecular weight excluding hydrogens is 422 g/mol. The lowest BCUT2D eigenvalue weighted by molar-refractivity contribution is -1.09. The molecule has 6 rings (SSSR count). The number of piperidine rings is 1. The molecule has 8 heteroatoms. The fraction of sp³-hybridized carbons (Fsp3) is 0.680. The number of hydroxylamine groups is 2. The van der Waals surface area contributed by atoms with Crippen LogP contribution in [0.15, 0.2) is 12.1 Å². The average Bonchev–Trinajstić information content (AvgIpc) is 3.32. The lowest BCUT2D eigenvalue weighted by Crippen LogP contribution is -3.16. The van der Waals surface area contributed by atoms with E-state index in [0.717, 1.165) is 31.4 Å². The summed E-state index contributed by atoms with van der Waals surface area (Å²) in [6, 6.07) is 3.66. The Morgan fingerprint density at radius 1 is 1.18 bits per heavy atom. The smallest absolute Gasteiger partial charge is 0.239 e. The third-order valence-corrected chi connectivity index (χ3v) is 10.0. The molecule has 1 spiro atoms. The summed E-state index contributed by atoms with van der Waals surface area (Å²) in [5.41, 5.74) is -1.99. The topological polar surface area (TPSA) is 109 Å². The number of quaternary nitrogens is 1. The number of anilines is 1. The molecule has 1 saturated carbocycles. The maximum Gasteiger partial charge on any atom is 0.239 e. The van der Waals surface area contributed by atoms with Crippen LogP contribution in [-0.2, 0) is 10.2 Å². The highest BCUT2D eigenvalue weighted by atomic mass is 16.8. The van der Waals surface area contributed by atoms with E-state index in [1.807, 2.05) is 13.8 Å². The third-order valence-electron chi connectivity index (χ3n) is 10.0. The van der Waals surface area contributed by atoms with E-state index in [0.29, 0.717) is 18.3 Å². The monoisotopic (exact) mass is 455 g/mol. The maximum absolute atomic E-state index is 14.5. The van der Waals surface area contributed by atoms with Gasteiger partial charge < -0.3 is 15.2 Å². The molecule has 0 radical (unpaired) electrons. The number of fused-ring (bicyclic) bond motifs is 3. The fourth-order valence-electron chi connectivity index (χ4n) is 8.57. The minimum absolute atomic E-state index is 0.106. The van der Waals surface area contributed by atoms with Crippen LogP contribution in [0.25, 0.3) is 0 Å². The van der Waals surface area contributed by atoms with Crippen LogP contribution in [0.3, 0.4) is 0 Å². The second-order valence-electron chi connectivity index (χ2n) is 12.2. The summed E-state index contributed by atoms with van der Waals surface area (Å²) in [7, 11) is 0. The van der Waals surface area contributed by atoms with Crippen LogP contribution in [0.5, 0.6) is 5.75 Å². The minimum atomic E-state index is -1.05. The molecular formula is C25H33N3O5. The summed E-state index contributed by atoms with van der Waals surface area (Å²) >= 11 is 0. The van der Waals surface area contributed by atoms with Gasteiger partial charge in [0.25, 0.3) is 0 Å². The average molecular weight is 456 g/mol. The number of aromatic hydroxyl groups is 1. The van der Waals surface area contributed by atoms with Crippen LogP contribution in [0.1, 0.15) is 75.7 Å². The van der Waals surface area contributed by atoms with Crippen LogP contribution in [0, 0.1) is 16.5 Å². The molecule has 2 saturated heterocycles. The first-order chi connectivity index (χ1) is 15.4. The lowest BCUT2D eigenvalue weighted by Gasteiger charge is -2.50. The van der Waals surface area contributed by atoms with Crippen molar-refractivity contribution < 1.29 is 25.1 Å². The van der Waals surface area contributed by atoms with Crippen molar-refractivity contribution in [1.82, 2.24) is 4.90 Å². The number of hydrogen-bond donors (Lipinski definition) is 3. The molecule has 4 heterocycles. The number of phenols is 1. The van der Waals surface area contributed by atoms with Crippen molar-refractivity contribution in [2.45, 2.75) is 82.3 Å². The number of carbonyl (C=O) groups is 2. The Balaban J connectivity index is 1.62. The largest absolute Gasteiger partial charge is 0.600 e. The number of ketones is 1. The Bertz CT molecular complexity index is 1100. The summed E-state index contributed by atoms with van der Waals surface area (Å²) in [5, 5.41) is 33.5. The first-order valence-electron chi connectivity index (χ1n) is 12.1. The highest BCUT2D eigenvalue weighted by Gasteiger charge is 2.77. The number of rotatable bonds is 1. The Morgan fingerprint density at radius 2 is 1.91 bits per heavy atom. The van der Waals surface area contributed by atoms with E-state index >= 15 is 0 Å². The van der Waals surface area contributed by atoms with E-state index in [9.17, 15) is 25.1 Å². The molecule has 1 aliphatic carbocycles. The van der Waals surface area contributed by atoms with Gasteiger partial charge in [0.05, 0.1) is 23.2 Å². The molecule has 5 unspecified atom stereocenters. The van der Waals surface area contributed by atoms with Gasteiger partial charge in [-0.25, -0.2) is 10.4 Å². The molecule has 5 aliphatic rings. The number of hydrogen-bond acceptors (Lipinski definition) is 6. The van der Waals surface area contributed by atoms with E-state index < -0.39 is 27.1 Å². The van der Waals surface area contributed by atoms with E-state index in [1.54, 1.807) is 11.0 Å². The van der Waals surface area contributed by atoms with Crippen molar-refractivity contribution in [2.75, 3.05) is 18.0 Å². The maximum atomic E-state index is 14.5. The molecule has 3 N–H and O–H groups in total. The molecule has 3 fully saturated rings. The number of Topliss-reactive ketones (excluding diaryl/α,β-unsaturated/α-hetero) is 1. The predicted molar refractivity (Wildman–Crippen MR) is 120 cm³/mol. The molecule has 4 aliphatic heterocycles. The molecule has 0 bridgehead atoms. The number of carbonyl (C=O) groups excluding carboxylic acids is 2. The van der Waals surface area contributed by atoms with E-state index in [1.165, 1.54) is 6.07 Å². The van der Waals surface area contributed by atoms with E-state index in [2.05, 4.69) is 18.7 Å². The molecule has 1 aromatic carbocycles. The standard InChI is InChI=1S/C25H33N3O5/c1-22(2)11-17(30)19-16(29)8-7-15-20(19)27(22)21(31)25(15)12-24(28(32)33)13-26-9-5-6-14(26)10-18(24)23(25,3)4/h7-8,14,18,28-29,32H,5-6,9-13H2,1-4H3. The highest BCUT2D eigenvalue weighted by Crippen LogP contribution is 2.69. The SMILES string of the molecule is CC1(C)CC(=O)c2c(O)ccc3c2N1C(=O)C31CC2([NH+]([O-])O)CN3CCCC3CC2C1(C)C. The number of nitrogens with one attached hydrogen (secondary N) is 1. The Morgan fingerprint density at radius 3 is 2.61 bits per heavy atom. The fourth-order valence-corrected chi connectivity index (χ4v) is 8.57. The second kappa shape index (κ2) is 6.16. The number of nitrogens with zero attached hydrogens (tertiary/aromatic N) is 2. The normalized spacial score (nSPS) is 39.0. The lowest BCUT2D eigenvalue weighted by atomic mass is 9.60. The Hall–Kier alpha value is -2.00. The number of amides is 1. The zero-order valence-corrected chi connectivity index (χ0v) is 19.8. The minimum Gasteiger partial charge on any atom is -0.600 e. The summed E-state index contributed by atoms with van der Waals surface area (Å²) in [5.74, 6) is -0.541.